The van der Waals surface area contributed by atoms with Crippen LogP contribution in [0.1, 0.15) is 39.7 Å². The molecule has 3 heterocycles. The van der Waals surface area contributed by atoms with Gasteiger partial charge in [-0.2, -0.15) is 15.3 Å². The van der Waals surface area contributed by atoms with Crippen LogP contribution >= 0.6 is 0 Å². The number of aromatic nitrogens is 6. The molecule has 0 unspecified atom stereocenters. The molecule has 0 atom stereocenters. The first-order valence-electron chi connectivity index (χ1n) is 8.86. The van der Waals surface area contributed by atoms with E-state index in [0.717, 1.165) is 17.1 Å². The van der Waals surface area contributed by atoms with Crippen LogP contribution in [0.5, 0.6) is 0 Å². The van der Waals surface area contributed by atoms with Crippen molar-refractivity contribution in [3.8, 4) is 0 Å². The van der Waals surface area contributed by atoms with E-state index >= 15 is 0 Å². The second-order valence-corrected chi connectivity index (χ2v) is 6.68. The van der Waals surface area contributed by atoms with Gasteiger partial charge in [0, 0.05) is 11.9 Å². The number of nitrogens with one attached hydrogen (secondary N) is 1. The fraction of sp³-hybridized carbons (Fsp3) is 0.389. The maximum Gasteiger partial charge on any atom is 0.305 e. The Hall–Kier alpha value is -3.43. The molecule has 3 aromatic rings. The predicted octanol–water partition coefficient (Wildman–Crippen LogP) is 1.74. The topological polar surface area (TPSA) is 120 Å². The Bertz CT molecular complexity index is 1030. The van der Waals surface area contributed by atoms with E-state index in [4.69, 9.17) is 5.11 Å². The number of carbonyl (C=O) groups excluding carboxylic acids is 1. The highest BCUT2D eigenvalue weighted by Gasteiger charge is 2.17. The minimum absolute atomic E-state index is 0.0555. The number of aryl methyl sites for hydroxylation is 4. The molecular weight excluding hydrogens is 362 g/mol. The molecule has 3 aromatic heterocycles. The lowest BCUT2D eigenvalue weighted by atomic mass is 10.3. The number of amides is 1. The molecule has 0 bridgehead atoms. The number of nitrogens with zero attached hydrogens (tertiary/aromatic N) is 6. The quantitative estimate of drug-likeness (QED) is 0.639. The van der Waals surface area contributed by atoms with Crippen molar-refractivity contribution in [2.24, 2.45) is 0 Å². The SMILES string of the molecule is Cc1cc(C)n(Cn2nc(C)c(NC(=O)c3ccn(CCC(=O)O)n3)c2C)n1. The molecule has 10 nitrogen and oxygen atoms in total. The summed E-state index contributed by atoms with van der Waals surface area (Å²) >= 11 is 0. The molecule has 10 heteroatoms. The van der Waals surface area contributed by atoms with E-state index in [1.54, 1.807) is 16.9 Å². The summed E-state index contributed by atoms with van der Waals surface area (Å²) in [6.45, 7) is 8.28. The van der Waals surface area contributed by atoms with Crippen LogP contribution < -0.4 is 5.32 Å². The van der Waals surface area contributed by atoms with E-state index in [-0.39, 0.29) is 24.6 Å². The molecule has 0 saturated heterocycles. The average molecular weight is 385 g/mol. The van der Waals surface area contributed by atoms with Gasteiger partial charge in [-0.05, 0) is 39.8 Å². The van der Waals surface area contributed by atoms with Crippen molar-refractivity contribution in [3.05, 3.63) is 46.8 Å². The van der Waals surface area contributed by atoms with Gasteiger partial charge in [-0.15, -0.1) is 0 Å². The van der Waals surface area contributed by atoms with Gasteiger partial charge in [-0.1, -0.05) is 0 Å². The summed E-state index contributed by atoms with van der Waals surface area (Å²) in [5, 5.41) is 24.7. The van der Waals surface area contributed by atoms with Gasteiger partial charge < -0.3 is 10.4 Å². The number of carboxylic acids is 1. The van der Waals surface area contributed by atoms with Crippen LogP contribution in [-0.4, -0.2) is 46.3 Å². The summed E-state index contributed by atoms with van der Waals surface area (Å²) in [4.78, 5) is 23.2. The standard InChI is InChI=1S/C18H23N7O3/c1-11-9-12(2)24(20-11)10-25-14(4)17(13(3)21-25)19-18(28)15-5-7-23(22-15)8-6-16(26)27/h5,7,9H,6,8,10H2,1-4H3,(H,19,28)(H,26,27). The zero-order valence-corrected chi connectivity index (χ0v) is 16.3. The summed E-state index contributed by atoms with van der Waals surface area (Å²) < 4.78 is 5.08. The molecule has 0 fully saturated rings. The highest BCUT2D eigenvalue weighted by Crippen LogP contribution is 2.20. The lowest BCUT2D eigenvalue weighted by Crippen LogP contribution is -2.16. The maximum atomic E-state index is 12.5. The Kier molecular flexibility index (Phi) is 5.30. The molecule has 0 aliphatic carbocycles. The van der Waals surface area contributed by atoms with Gasteiger partial charge in [0.15, 0.2) is 5.69 Å². The third kappa shape index (κ3) is 4.11. The highest BCUT2D eigenvalue weighted by molar-refractivity contribution is 6.03. The summed E-state index contributed by atoms with van der Waals surface area (Å²) in [5.41, 5.74) is 4.32. The predicted molar refractivity (Wildman–Crippen MR) is 101 cm³/mol. The summed E-state index contributed by atoms with van der Waals surface area (Å²) in [5.74, 6) is -1.28. The van der Waals surface area contributed by atoms with E-state index in [1.807, 2.05) is 38.4 Å². The number of rotatable bonds is 7. The second kappa shape index (κ2) is 7.67. The van der Waals surface area contributed by atoms with Crippen molar-refractivity contribution in [1.29, 1.82) is 0 Å². The van der Waals surface area contributed by atoms with Crippen LogP contribution in [0.2, 0.25) is 0 Å². The van der Waals surface area contributed by atoms with Crippen LogP contribution in [-0.2, 0) is 18.0 Å². The van der Waals surface area contributed by atoms with E-state index in [1.165, 1.54) is 4.68 Å². The number of carbonyl (C=O) groups is 2. The second-order valence-electron chi connectivity index (χ2n) is 6.68. The van der Waals surface area contributed by atoms with Gasteiger partial charge in [-0.3, -0.25) is 14.3 Å². The van der Waals surface area contributed by atoms with Crippen molar-refractivity contribution in [3.63, 3.8) is 0 Å². The monoisotopic (exact) mass is 385 g/mol. The highest BCUT2D eigenvalue weighted by atomic mass is 16.4. The largest absolute Gasteiger partial charge is 0.481 e. The van der Waals surface area contributed by atoms with Crippen LogP contribution in [0.25, 0.3) is 0 Å². The van der Waals surface area contributed by atoms with Gasteiger partial charge in [0.1, 0.15) is 6.67 Å². The first-order valence-corrected chi connectivity index (χ1v) is 8.86. The van der Waals surface area contributed by atoms with E-state index in [2.05, 4.69) is 20.6 Å². The first kappa shape index (κ1) is 19.3. The zero-order valence-electron chi connectivity index (χ0n) is 16.3. The maximum absolute atomic E-state index is 12.5. The lowest BCUT2D eigenvalue weighted by Gasteiger charge is -2.08. The van der Waals surface area contributed by atoms with Crippen LogP contribution in [0.15, 0.2) is 18.3 Å². The molecule has 148 valence electrons. The fourth-order valence-electron chi connectivity index (χ4n) is 2.96. The van der Waals surface area contributed by atoms with Gasteiger partial charge in [0.2, 0.25) is 0 Å². The molecular formula is C18H23N7O3. The van der Waals surface area contributed by atoms with Crippen molar-refractivity contribution in [1.82, 2.24) is 29.3 Å². The van der Waals surface area contributed by atoms with Crippen molar-refractivity contribution >= 4 is 17.6 Å². The molecule has 2 N–H and O–H groups in total. The molecule has 0 aliphatic heterocycles. The molecule has 0 spiro atoms. The van der Waals surface area contributed by atoms with Crippen LogP contribution in [0, 0.1) is 27.7 Å². The Labute approximate surface area is 161 Å². The normalized spacial score (nSPS) is 11.0. The Morgan fingerprint density at radius 1 is 1.11 bits per heavy atom. The number of aliphatic carboxylic acids is 1. The molecule has 1 amide bonds. The smallest absolute Gasteiger partial charge is 0.305 e. The molecule has 0 aliphatic rings. The Morgan fingerprint density at radius 2 is 1.86 bits per heavy atom. The fourth-order valence-corrected chi connectivity index (χ4v) is 2.96. The molecule has 3 rings (SSSR count). The zero-order chi connectivity index (χ0) is 20.4. The summed E-state index contributed by atoms with van der Waals surface area (Å²) in [7, 11) is 0. The third-order valence-corrected chi connectivity index (χ3v) is 4.42. The van der Waals surface area contributed by atoms with Gasteiger partial charge in [0.05, 0.1) is 35.7 Å². The number of hydrogen-bond acceptors (Lipinski definition) is 5. The van der Waals surface area contributed by atoms with Gasteiger partial charge in [-0.25, -0.2) is 9.36 Å². The first-order chi connectivity index (χ1) is 13.2. The average Bonchev–Trinajstić information content (AvgIpc) is 3.28. The van der Waals surface area contributed by atoms with Gasteiger partial charge >= 0.3 is 5.97 Å². The molecule has 0 radical (unpaired) electrons. The van der Waals surface area contributed by atoms with Gasteiger partial charge in [0.25, 0.3) is 5.91 Å². The van der Waals surface area contributed by atoms with E-state index < -0.39 is 5.97 Å². The minimum atomic E-state index is -0.914. The number of hydrogen-bond donors (Lipinski definition) is 2. The third-order valence-electron chi connectivity index (χ3n) is 4.42. The minimum Gasteiger partial charge on any atom is -0.481 e. The summed E-state index contributed by atoms with van der Waals surface area (Å²) in [6.07, 6.45) is 1.53. The molecule has 0 aromatic carbocycles. The number of anilines is 1. The van der Waals surface area contributed by atoms with Crippen molar-refractivity contribution in [2.75, 3.05) is 5.32 Å². The van der Waals surface area contributed by atoms with Crippen LogP contribution in [0.4, 0.5) is 5.69 Å². The van der Waals surface area contributed by atoms with Crippen molar-refractivity contribution in [2.45, 2.75) is 47.3 Å². The van der Waals surface area contributed by atoms with E-state index in [0.29, 0.717) is 18.1 Å². The number of carboxylic acid groups (broad SMARTS) is 1. The molecule has 28 heavy (non-hydrogen) atoms. The van der Waals surface area contributed by atoms with Crippen molar-refractivity contribution < 1.29 is 14.7 Å². The van der Waals surface area contributed by atoms with Crippen LogP contribution in [0.3, 0.4) is 0 Å². The lowest BCUT2D eigenvalue weighted by molar-refractivity contribution is -0.137. The molecule has 0 saturated carbocycles. The van der Waals surface area contributed by atoms with E-state index in [9.17, 15) is 9.59 Å². The Morgan fingerprint density at radius 3 is 2.50 bits per heavy atom. The Balaban J connectivity index is 1.74. The summed E-state index contributed by atoms with van der Waals surface area (Å²) in [6, 6.07) is 3.55.